The largest absolute Gasteiger partial charge is 0.462 e. The lowest BCUT2D eigenvalue weighted by atomic mass is 10.1. The molecule has 0 aliphatic carbocycles. The minimum atomic E-state index is -0.248. The first kappa shape index (κ1) is 17.5. The normalized spacial score (nSPS) is 10.4. The van der Waals surface area contributed by atoms with E-state index in [2.05, 4.69) is 18.9 Å². The molecule has 0 aliphatic heterocycles. The summed E-state index contributed by atoms with van der Waals surface area (Å²) in [6.07, 6.45) is 7.86. The third kappa shape index (κ3) is 6.65. The van der Waals surface area contributed by atoms with Crippen molar-refractivity contribution in [1.29, 1.82) is 0 Å². The van der Waals surface area contributed by atoms with Crippen LogP contribution in [-0.4, -0.2) is 26.2 Å². The molecule has 0 saturated carbocycles. The molecule has 3 nitrogen and oxygen atoms in total. The molecule has 1 aromatic rings. The van der Waals surface area contributed by atoms with E-state index in [0.717, 1.165) is 12.2 Å². The maximum absolute atomic E-state index is 11.6. The molecule has 0 aromatic heterocycles. The van der Waals surface area contributed by atoms with Crippen LogP contribution in [0.25, 0.3) is 0 Å². The number of benzene rings is 1. The van der Waals surface area contributed by atoms with Crippen LogP contribution in [0.4, 0.5) is 5.69 Å². The molecule has 1 aromatic carbocycles. The van der Waals surface area contributed by atoms with Gasteiger partial charge in [-0.25, -0.2) is 4.79 Å². The fourth-order valence-corrected chi connectivity index (χ4v) is 2.32. The lowest BCUT2D eigenvalue weighted by molar-refractivity contribution is 0.0526. The first-order valence-corrected chi connectivity index (χ1v) is 8.17. The predicted octanol–water partition coefficient (Wildman–Crippen LogP) is 4.66. The van der Waals surface area contributed by atoms with Crippen molar-refractivity contribution < 1.29 is 9.53 Å². The van der Waals surface area contributed by atoms with Gasteiger partial charge in [-0.05, 0) is 37.6 Å². The van der Waals surface area contributed by atoms with Gasteiger partial charge in [-0.2, -0.15) is 0 Å². The van der Waals surface area contributed by atoms with Crippen molar-refractivity contribution in [3.05, 3.63) is 29.8 Å². The summed E-state index contributed by atoms with van der Waals surface area (Å²) in [4.78, 5) is 13.8. The number of anilines is 1. The molecule has 0 amide bonds. The van der Waals surface area contributed by atoms with E-state index in [-0.39, 0.29) is 5.97 Å². The Labute approximate surface area is 129 Å². The lowest BCUT2D eigenvalue weighted by Gasteiger charge is -2.19. The topological polar surface area (TPSA) is 29.5 Å². The molecular weight excluding hydrogens is 262 g/mol. The van der Waals surface area contributed by atoms with Gasteiger partial charge in [-0.3, -0.25) is 0 Å². The molecular formula is C18H29NO2. The van der Waals surface area contributed by atoms with Gasteiger partial charge in [0, 0.05) is 19.3 Å². The molecule has 0 saturated heterocycles. The van der Waals surface area contributed by atoms with E-state index in [0.29, 0.717) is 12.2 Å². The van der Waals surface area contributed by atoms with Gasteiger partial charge >= 0.3 is 5.97 Å². The molecule has 0 aliphatic rings. The second kappa shape index (κ2) is 10.3. The number of carbonyl (C=O) groups excluding carboxylic acids is 1. The maximum Gasteiger partial charge on any atom is 0.338 e. The first-order valence-electron chi connectivity index (χ1n) is 8.17. The lowest BCUT2D eigenvalue weighted by Crippen LogP contribution is -2.18. The first-order chi connectivity index (χ1) is 10.2. The van der Waals surface area contributed by atoms with Crippen LogP contribution in [0.5, 0.6) is 0 Å². The summed E-state index contributed by atoms with van der Waals surface area (Å²) in [6.45, 7) is 5.54. The van der Waals surface area contributed by atoms with E-state index in [1.807, 2.05) is 31.2 Å². The molecule has 0 atom stereocenters. The van der Waals surface area contributed by atoms with E-state index in [1.54, 1.807) is 0 Å². The van der Waals surface area contributed by atoms with Crippen LogP contribution in [0.3, 0.4) is 0 Å². The highest BCUT2D eigenvalue weighted by Crippen LogP contribution is 2.15. The van der Waals surface area contributed by atoms with Crippen LogP contribution in [0, 0.1) is 0 Å². The van der Waals surface area contributed by atoms with Crippen molar-refractivity contribution in [2.24, 2.45) is 0 Å². The van der Waals surface area contributed by atoms with Gasteiger partial charge in [0.25, 0.3) is 0 Å². The molecule has 0 radical (unpaired) electrons. The fourth-order valence-electron chi connectivity index (χ4n) is 2.32. The maximum atomic E-state index is 11.6. The van der Waals surface area contributed by atoms with Crippen LogP contribution in [0.2, 0.25) is 0 Å². The fraction of sp³-hybridized carbons (Fsp3) is 0.611. The summed E-state index contributed by atoms with van der Waals surface area (Å²) < 4.78 is 4.99. The number of nitrogens with zero attached hydrogens (tertiary/aromatic N) is 1. The van der Waals surface area contributed by atoms with E-state index < -0.39 is 0 Å². The predicted molar refractivity (Wildman–Crippen MR) is 89.0 cm³/mol. The van der Waals surface area contributed by atoms with Crippen molar-refractivity contribution in [2.45, 2.75) is 52.4 Å². The number of hydrogen-bond donors (Lipinski definition) is 0. The van der Waals surface area contributed by atoms with E-state index in [4.69, 9.17) is 4.74 Å². The van der Waals surface area contributed by atoms with Gasteiger partial charge in [0.05, 0.1) is 12.2 Å². The third-order valence-corrected chi connectivity index (χ3v) is 3.67. The van der Waals surface area contributed by atoms with Crippen LogP contribution in [-0.2, 0) is 4.74 Å². The van der Waals surface area contributed by atoms with Crippen LogP contribution in [0.1, 0.15) is 62.7 Å². The second-order valence-corrected chi connectivity index (χ2v) is 5.46. The molecule has 0 spiro atoms. The number of ether oxygens (including phenoxy) is 1. The summed E-state index contributed by atoms with van der Waals surface area (Å²) in [6, 6.07) is 7.66. The standard InChI is InChI=1S/C18H29NO2/c1-4-6-7-8-9-10-15-19(3)17-13-11-16(12-14-17)18(20)21-5-2/h11-14H,4-10,15H2,1-3H3. The minimum absolute atomic E-state index is 0.248. The number of esters is 1. The zero-order valence-corrected chi connectivity index (χ0v) is 13.7. The Morgan fingerprint density at radius 3 is 2.24 bits per heavy atom. The smallest absolute Gasteiger partial charge is 0.338 e. The number of unbranched alkanes of at least 4 members (excludes halogenated alkanes) is 5. The van der Waals surface area contributed by atoms with Gasteiger partial charge in [0.15, 0.2) is 0 Å². The van der Waals surface area contributed by atoms with Crippen molar-refractivity contribution in [3.8, 4) is 0 Å². The minimum Gasteiger partial charge on any atom is -0.462 e. The van der Waals surface area contributed by atoms with Crippen molar-refractivity contribution in [2.75, 3.05) is 25.1 Å². The Bertz CT molecular complexity index is 400. The highest BCUT2D eigenvalue weighted by atomic mass is 16.5. The van der Waals surface area contributed by atoms with Gasteiger partial charge < -0.3 is 9.64 Å². The van der Waals surface area contributed by atoms with Gasteiger partial charge in [-0.1, -0.05) is 39.0 Å². The average molecular weight is 291 g/mol. The van der Waals surface area contributed by atoms with Gasteiger partial charge in [0.1, 0.15) is 0 Å². The van der Waals surface area contributed by atoms with Crippen molar-refractivity contribution in [3.63, 3.8) is 0 Å². The molecule has 0 fully saturated rings. The summed E-state index contributed by atoms with van der Waals surface area (Å²) in [5, 5.41) is 0. The Morgan fingerprint density at radius 1 is 1.00 bits per heavy atom. The summed E-state index contributed by atoms with van der Waals surface area (Å²) in [7, 11) is 2.10. The van der Waals surface area contributed by atoms with Crippen molar-refractivity contribution >= 4 is 11.7 Å². The molecule has 3 heteroatoms. The summed E-state index contributed by atoms with van der Waals surface area (Å²) in [5.41, 5.74) is 1.77. The zero-order valence-electron chi connectivity index (χ0n) is 13.7. The second-order valence-electron chi connectivity index (χ2n) is 5.46. The van der Waals surface area contributed by atoms with Crippen molar-refractivity contribution in [1.82, 2.24) is 0 Å². The average Bonchev–Trinajstić information content (AvgIpc) is 2.51. The molecule has 0 bridgehead atoms. The summed E-state index contributed by atoms with van der Waals surface area (Å²) >= 11 is 0. The number of hydrogen-bond acceptors (Lipinski definition) is 3. The van der Waals surface area contributed by atoms with E-state index >= 15 is 0 Å². The molecule has 0 unspecified atom stereocenters. The Morgan fingerprint density at radius 2 is 1.62 bits per heavy atom. The Balaban J connectivity index is 2.34. The highest BCUT2D eigenvalue weighted by molar-refractivity contribution is 5.89. The zero-order chi connectivity index (χ0) is 15.5. The molecule has 118 valence electrons. The number of rotatable bonds is 10. The molecule has 0 N–H and O–H groups in total. The highest BCUT2D eigenvalue weighted by Gasteiger charge is 2.07. The molecule has 1 rings (SSSR count). The van der Waals surface area contributed by atoms with Gasteiger partial charge in [0.2, 0.25) is 0 Å². The monoisotopic (exact) mass is 291 g/mol. The molecule has 21 heavy (non-hydrogen) atoms. The van der Waals surface area contributed by atoms with Crippen LogP contribution < -0.4 is 4.90 Å². The van der Waals surface area contributed by atoms with Crippen LogP contribution in [0.15, 0.2) is 24.3 Å². The van der Waals surface area contributed by atoms with E-state index in [9.17, 15) is 4.79 Å². The van der Waals surface area contributed by atoms with E-state index in [1.165, 1.54) is 38.5 Å². The Hall–Kier alpha value is -1.51. The SMILES string of the molecule is CCCCCCCCN(C)c1ccc(C(=O)OCC)cc1. The molecule has 0 heterocycles. The Kier molecular flexibility index (Phi) is 8.56. The van der Waals surface area contributed by atoms with Crippen LogP contribution >= 0.6 is 0 Å². The quantitative estimate of drug-likeness (QED) is 0.464. The van der Waals surface area contributed by atoms with Gasteiger partial charge in [-0.15, -0.1) is 0 Å². The summed E-state index contributed by atoms with van der Waals surface area (Å²) in [5.74, 6) is -0.248. The third-order valence-electron chi connectivity index (χ3n) is 3.67. The number of carbonyl (C=O) groups is 1.